The molecule has 30 heavy (non-hydrogen) atoms. The summed E-state index contributed by atoms with van der Waals surface area (Å²) in [6.07, 6.45) is 7.07. The van der Waals surface area contributed by atoms with Crippen molar-refractivity contribution in [3.05, 3.63) is 60.6 Å². The molecule has 2 aromatic heterocycles. The predicted octanol–water partition coefficient (Wildman–Crippen LogP) is 4.38. The Balaban J connectivity index is 1.41. The largest absolute Gasteiger partial charge is 0.369 e. The lowest BCUT2D eigenvalue weighted by Gasteiger charge is -2.34. The van der Waals surface area contributed by atoms with Crippen LogP contribution in [0, 0.1) is 0 Å². The second kappa shape index (κ2) is 9.67. The third-order valence-corrected chi connectivity index (χ3v) is 5.55. The number of pyridine rings is 1. The lowest BCUT2D eigenvalue weighted by molar-refractivity contribution is 0.313. The molecule has 3 heterocycles. The second-order valence-corrected chi connectivity index (χ2v) is 7.87. The summed E-state index contributed by atoms with van der Waals surface area (Å²) in [7, 11) is 2.18. The molecule has 0 unspecified atom stereocenters. The normalized spacial score (nSPS) is 14.7. The van der Waals surface area contributed by atoms with Gasteiger partial charge in [-0.1, -0.05) is 13.3 Å². The predicted molar refractivity (Wildman–Crippen MR) is 123 cm³/mol. The zero-order valence-electron chi connectivity index (χ0n) is 17.9. The molecule has 6 nitrogen and oxygen atoms in total. The average Bonchev–Trinajstić information content (AvgIpc) is 2.79. The van der Waals surface area contributed by atoms with E-state index in [9.17, 15) is 0 Å². The molecule has 3 aromatic rings. The van der Waals surface area contributed by atoms with Crippen LogP contribution in [0.1, 0.15) is 25.5 Å². The Bertz CT molecular complexity index is 931. The molecule has 0 atom stereocenters. The van der Waals surface area contributed by atoms with Crippen LogP contribution >= 0.6 is 0 Å². The van der Waals surface area contributed by atoms with Gasteiger partial charge in [-0.25, -0.2) is 9.97 Å². The van der Waals surface area contributed by atoms with Crippen molar-refractivity contribution in [1.29, 1.82) is 0 Å². The molecule has 0 amide bonds. The quantitative estimate of drug-likeness (QED) is 0.633. The van der Waals surface area contributed by atoms with Crippen LogP contribution in [0.3, 0.4) is 0 Å². The Hall–Kier alpha value is -2.99. The third-order valence-electron chi connectivity index (χ3n) is 5.55. The maximum atomic E-state index is 4.67. The number of likely N-dealkylation sites (N-methyl/N-ethyl adjacent to an activating group) is 1. The van der Waals surface area contributed by atoms with E-state index in [0.29, 0.717) is 5.95 Å². The average molecular weight is 403 g/mol. The van der Waals surface area contributed by atoms with Gasteiger partial charge in [0.1, 0.15) is 0 Å². The van der Waals surface area contributed by atoms with Crippen molar-refractivity contribution in [3.8, 4) is 11.3 Å². The minimum atomic E-state index is 0.593. The van der Waals surface area contributed by atoms with E-state index in [4.69, 9.17) is 0 Å². The summed E-state index contributed by atoms with van der Waals surface area (Å²) < 4.78 is 0. The first-order valence-electron chi connectivity index (χ1n) is 10.8. The number of aryl methyl sites for hydroxylation is 1. The van der Waals surface area contributed by atoms with E-state index in [1.54, 1.807) is 6.20 Å². The van der Waals surface area contributed by atoms with Gasteiger partial charge in [-0.2, -0.15) is 0 Å². The Morgan fingerprint density at radius 1 is 0.933 bits per heavy atom. The van der Waals surface area contributed by atoms with Crippen molar-refractivity contribution in [2.24, 2.45) is 0 Å². The lowest BCUT2D eigenvalue weighted by Crippen LogP contribution is -2.44. The minimum Gasteiger partial charge on any atom is -0.369 e. The van der Waals surface area contributed by atoms with Crippen LogP contribution in [0.25, 0.3) is 11.3 Å². The molecule has 0 radical (unpaired) electrons. The lowest BCUT2D eigenvalue weighted by atomic mass is 10.1. The number of piperazine rings is 1. The fraction of sp³-hybridized carbons (Fsp3) is 0.375. The van der Waals surface area contributed by atoms with Crippen LogP contribution in [0.2, 0.25) is 0 Å². The first-order valence-corrected chi connectivity index (χ1v) is 10.8. The van der Waals surface area contributed by atoms with E-state index in [-0.39, 0.29) is 0 Å². The molecule has 4 rings (SSSR count). The van der Waals surface area contributed by atoms with E-state index in [1.165, 1.54) is 18.5 Å². The van der Waals surface area contributed by atoms with Gasteiger partial charge in [0.05, 0.1) is 5.69 Å². The van der Waals surface area contributed by atoms with Crippen molar-refractivity contribution < 1.29 is 0 Å². The molecule has 1 fully saturated rings. The number of rotatable bonds is 7. The maximum absolute atomic E-state index is 4.67. The zero-order valence-corrected chi connectivity index (χ0v) is 17.9. The summed E-state index contributed by atoms with van der Waals surface area (Å²) in [6.45, 7) is 6.55. The third kappa shape index (κ3) is 5.13. The van der Waals surface area contributed by atoms with Gasteiger partial charge >= 0.3 is 0 Å². The molecule has 0 saturated carbocycles. The van der Waals surface area contributed by atoms with Crippen LogP contribution in [0.5, 0.6) is 0 Å². The Morgan fingerprint density at radius 2 is 1.73 bits per heavy atom. The molecule has 1 saturated heterocycles. The molecule has 0 bridgehead atoms. The standard InChI is InChI=1S/C24H30N6/c1-3-4-5-20-7-6-19(18-26-20)23-12-13-25-24(28-23)27-21-8-10-22(11-9-21)30-16-14-29(2)15-17-30/h6-13,18H,3-5,14-17H2,1-2H3,(H,25,27,28). The van der Waals surface area contributed by atoms with E-state index >= 15 is 0 Å². The van der Waals surface area contributed by atoms with Crippen molar-refractivity contribution in [1.82, 2.24) is 19.9 Å². The Labute approximate surface area is 179 Å². The highest BCUT2D eigenvalue weighted by Gasteiger charge is 2.14. The maximum Gasteiger partial charge on any atom is 0.227 e. The fourth-order valence-corrected chi connectivity index (χ4v) is 3.61. The Kier molecular flexibility index (Phi) is 6.54. The highest BCUT2D eigenvalue weighted by atomic mass is 15.2. The van der Waals surface area contributed by atoms with Crippen LogP contribution in [0.4, 0.5) is 17.3 Å². The second-order valence-electron chi connectivity index (χ2n) is 7.87. The number of aromatic nitrogens is 3. The number of hydrogen-bond acceptors (Lipinski definition) is 6. The van der Waals surface area contributed by atoms with Crippen molar-refractivity contribution >= 4 is 17.3 Å². The summed E-state index contributed by atoms with van der Waals surface area (Å²) in [4.78, 5) is 18.4. The van der Waals surface area contributed by atoms with Crippen molar-refractivity contribution in [3.63, 3.8) is 0 Å². The smallest absolute Gasteiger partial charge is 0.227 e. The first kappa shape index (κ1) is 20.3. The summed E-state index contributed by atoms with van der Waals surface area (Å²) in [6, 6.07) is 14.6. The van der Waals surface area contributed by atoms with E-state index in [2.05, 4.69) is 80.4 Å². The highest BCUT2D eigenvalue weighted by molar-refractivity contribution is 5.63. The van der Waals surface area contributed by atoms with Gasteiger partial charge in [0, 0.05) is 61.2 Å². The van der Waals surface area contributed by atoms with Crippen molar-refractivity contribution in [2.75, 3.05) is 43.4 Å². The summed E-state index contributed by atoms with van der Waals surface area (Å²) in [5.74, 6) is 0.593. The van der Waals surface area contributed by atoms with E-state index in [1.807, 2.05) is 12.3 Å². The van der Waals surface area contributed by atoms with Gasteiger partial charge in [-0.3, -0.25) is 4.98 Å². The number of anilines is 3. The topological polar surface area (TPSA) is 57.2 Å². The Morgan fingerprint density at radius 3 is 2.43 bits per heavy atom. The van der Waals surface area contributed by atoms with Crippen LogP contribution in [0.15, 0.2) is 54.9 Å². The summed E-state index contributed by atoms with van der Waals surface area (Å²) in [5, 5.41) is 3.32. The monoisotopic (exact) mass is 402 g/mol. The molecule has 1 aliphatic heterocycles. The fourth-order valence-electron chi connectivity index (χ4n) is 3.61. The van der Waals surface area contributed by atoms with Gasteiger partial charge in [0.2, 0.25) is 5.95 Å². The molecular formula is C24H30N6. The minimum absolute atomic E-state index is 0.593. The molecule has 1 N–H and O–H groups in total. The zero-order chi connectivity index (χ0) is 20.8. The molecule has 0 spiro atoms. The first-order chi connectivity index (χ1) is 14.7. The van der Waals surface area contributed by atoms with Crippen LogP contribution in [-0.2, 0) is 6.42 Å². The number of nitrogens with one attached hydrogen (secondary N) is 1. The van der Waals surface area contributed by atoms with E-state index < -0.39 is 0 Å². The van der Waals surface area contributed by atoms with Gasteiger partial charge in [-0.15, -0.1) is 0 Å². The molecule has 1 aromatic carbocycles. The number of benzene rings is 1. The van der Waals surface area contributed by atoms with Gasteiger partial charge in [0.15, 0.2) is 0 Å². The summed E-state index contributed by atoms with van der Waals surface area (Å²) >= 11 is 0. The molecule has 0 aliphatic carbocycles. The van der Waals surface area contributed by atoms with Crippen LogP contribution in [-0.4, -0.2) is 53.1 Å². The van der Waals surface area contributed by atoms with Gasteiger partial charge in [0.25, 0.3) is 0 Å². The highest BCUT2D eigenvalue weighted by Crippen LogP contribution is 2.22. The van der Waals surface area contributed by atoms with Crippen molar-refractivity contribution in [2.45, 2.75) is 26.2 Å². The molecule has 156 valence electrons. The SMILES string of the molecule is CCCCc1ccc(-c2ccnc(Nc3ccc(N4CCN(C)CC4)cc3)n2)cn1. The van der Waals surface area contributed by atoms with Gasteiger partial charge in [-0.05, 0) is 62.4 Å². The summed E-state index contributed by atoms with van der Waals surface area (Å²) in [5.41, 5.74) is 5.26. The molecule has 1 aliphatic rings. The van der Waals surface area contributed by atoms with E-state index in [0.717, 1.165) is 55.2 Å². The molecule has 6 heteroatoms. The number of nitrogens with zero attached hydrogens (tertiary/aromatic N) is 5. The van der Waals surface area contributed by atoms with Crippen LogP contribution < -0.4 is 10.2 Å². The number of unbranched alkanes of at least 4 members (excludes halogenated alkanes) is 1. The number of hydrogen-bond donors (Lipinski definition) is 1. The van der Waals surface area contributed by atoms with Gasteiger partial charge < -0.3 is 15.1 Å². The molecular weight excluding hydrogens is 372 g/mol.